The van der Waals surface area contributed by atoms with E-state index in [1.165, 1.54) is 0 Å². The lowest BCUT2D eigenvalue weighted by Crippen LogP contribution is -2.56. The van der Waals surface area contributed by atoms with Crippen molar-refractivity contribution in [3.05, 3.63) is 12.3 Å². The Hall–Kier alpha value is -0.163. The van der Waals surface area contributed by atoms with Gasteiger partial charge in [0.1, 0.15) is 0 Å². The molecule has 0 aromatic carbocycles. The van der Waals surface area contributed by atoms with Crippen LogP contribution in [0.2, 0.25) is 0 Å². The maximum absolute atomic E-state index is 5.40. The summed E-state index contributed by atoms with van der Waals surface area (Å²) in [5.74, 6) is 0. The molecule has 0 bridgehead atoms. The molecule has 0 heterocycles. The molecule has 3 nitrogen and oxygen atoms in total. The highest BCUT2D eigenvalue weighted by atomic mass is 28.4. The Morgan fingerprint density at radius 1 is 1.25 bits per heavy atom. The summed E-state index contributed by atoms with van der Waals surface area (Å²) < 4.78 is 13.0. The van der Waals surface area contributed by atoms with E-state index in [9.17, 15) is 0 Å². The van der Waals surface area contributed by atoms with Crippen molar-refractivity contribution in [1.29, 1.82) is 0 Å². The van der Waals surface area contributed by atoms with Crippen LogP contribution in [0.15, 0.2) is 12.3 Å². The fourth-order valence-electron chi connectivity index (χ4n) is 1.30. The van der Waals surface area contributed by atoms with Crippen LogP contribution in [0.1, 0.15) is 13.8 Å². The minimum atomic E-state index is -2.25. The Morgan fingerprint density at radius 2 is 1.67 bits per heavy atom. The van der Waals surface area contributed by atoms with E-state index in [4.69, 9.17) is 8.85 Å². The van der Waals surface area contributed by atoms with E-state index in [0.29, 0.717) is 0 Å². The SMILES string of the molecule is C=C[Si](OC)(OC)N(CC)CC. The molecule has 0 aliphatic carbocycles. The third-order valence-electron chi connectivity index (χ3n) is 2.05. The fourth-order valence-corrected chi connectivity index (χ4v) is 3.46. The largest absolute Gasteiger partial charge is 0.454 e. The first kappa shape index (κ1) is 11.8. The topological polar surface area (TPSA) is 21.7 Å². The standard InChI is InChI=1S/C8H19NO2Si/c1-6-9(7-2)12(8-3,10-4)11-5/h8H,3,6-7H2,1-2,4-5H3. The van der Waals surface area contributed by atoms with Crippen molar-refractivity contribution in [2.45, 2.75) is 13.8 Å². The van der Waals surface area contributed by atoms with Gasteiger partial charge in [0, 0.05) is 14.2 Å². The zero-order valence-electron chi connectivity index (χ0n) is 8.46. The van der Waals surface area contributed by atoms with Crippen LogP contribution in [0.3, 0.4) is 0 Å². The second-order valence-electron chi connectivity index (χ2n) is 2.42. The Bertz CT molecular complexity index is 133. The number of hydrogen-bond acceptors (Lipinski definition) is 3. The van der Waals surface area contributed by atoms with Gasteiger partial charge in [-0.1, -0.05) is 13.8 Å². The molecule has 0 saturated heterocycles. The van der Waals surface area contributed by atoms with Gasteiger partial charge in [-0.2, -0.15) is 0 Å². The van der Waals surface area contributed by atoms with Gasteiger partial charge in [0.15, 0.2) is 0 Å². The van der Waals surface area contributed by atoms with E-state index in [1.807, 2.05) is 0 Å². The predicted octanol–water partition coefficient (Wildman–Crippen LogP) is 1.29. The average Bonchev–Trinajstić information content (AvgIpc) is 2.14. The fraction of sp³-hybridized carbons (Fsp3) is 0.750. The molecule has 0 amide bonds. The smallest absolute Gasteiger partial charge is 0.383 e. The van der Waals surface area contributed by atoms with E-state index >= 15 is 0 Å². The molecular weight excluding hydrogens is 170 g/mol. The van der Waals surface area contributed by atoms with Crippen LogP contribution in [-0.4, -0.2) is 40.6 Å². The van der Waals surface area contributed by atoms with Crippen molar-refractivity contribution in [3.63, 3.8) is 0 Å². The maximum atomic E-state index is 5.40. The van der Waals surface area contributed by atoms with Gasteiger partial charge in [-0.25, -0.2) is 0 Å². The van der Waals surface area contributed by atoms with Crippen LogP contribution >= 0.6 is 0 Å². The molecule has 12 heavy (non-hydrogen) atoms. The van der Waals surface area contributed by atoms with E-state index < -0.39 is 8.72 Å². The monoisotopic (exact) mass is 189 g/mol. The molecule has 0 rings (SSSR count). The first-order valence-corrected chi connectivity index (χ1v) is 6.03. The van der Waals surface area contributed by atoms with Crippen molar-refractivity contribution in [3.8, 4) is 0 Å². The van der Waals surface area contributed by atoms with Crippen LogP contribution in [0.5, 0.6) is 0 Å². The quantitative estimate of drug-likeness (QED) is 0.588. The van der Waals surface area contributed by atoms with Crippen LogP contribution in [-0.2, 0) is 8.85 Å². The summed E-state index contributed by atoms with van der Waals surface area (Å²) in [5.41, 5.74) is 1.81. The Kier molecular flexibility index (Phi) is 5.40. The number of nitrogens with zero attached hydrogens (tertiary/aromatic N) is 1. The van der Waals surface area contributed by atoms with Gasteiger partial charge >= 0.3 is 8.72 Å². The third-order valence-corrected chi connectivity index (χ3v) is 5.25. The molecule has 4 heteroatoms. The van der Waals surface area contributed by atoms with Gasteiger partial charge in [-0.15, -0.1) is 6.58 Å². The van der Waals surface area contributed by atoms with E-state index in [0.717, 1.165) is 13.1 Å². The Morgan fingerprint density at radius 3 is 1.75 bits per heavy atom. The molecule has 0 unspecified atom stereocenters. The van der Waals surface area contributed by atoms with Crippen LogP contribution in [0, 0.1) is 0 Å². The molecule has 0 aliphatic rings. The molecular formula is C8H19NO2Si. The molecule has 0 aromatic rings. The summed E-state index contributed by atoms with van der Waals surface area (Å²) >= 11 is 0. The Balaban J connectivity index is 4.53. The summed E-state index contributed by atoms with van der Waals surface area (Å²) in [5, 5.41) is 0. The Labute approximate surface area is 76.3 Å². The second kappa shape index (κ2) is 5.48. The van der Waals surface area contributed by atoms with Crippen LogP contribution in [0.25, 0.3) is 0 Å². The molecule has 72 valence electrons. The summed E-state index contributed by atoms with van der Waals surface area (Å²) in [4.78, 5) is 0. The highest BCUT2D eigenvalue weighted by Crippen LogP contribution is 2.12. The van der Waals surface area contributed by atoms with Gasteiger partial charge in [-0.3, -0.25) is 4.57 Å². The minimum absolute atomic E-state index is 0.927. The van der Waals surface area contributed by atoms with E-state index in [2.05, 4.69) is 25.0 Å². The predicted molar refractivity (Wildman–Crippen MR) is 52.9 cm³/mol. The first-order chi connectivity index (χ1) is 5.70. The molecule has 0 N–H and O–H groups in total. The van der Waals surface area contributed by atoms with Crippen molar-refractivity contribution >= 4 is 8.72 Å². The van der Waals surface area contributed by atoms with Gasteiger partial charge < -0.3 is 8.85 Å². The lowest BCUT2D eigenvalue weighted by atomic mass is 10.7. The van der Waals surface area contributed by atoms with Gasteiger partial charge in [0.25, 0.3) is 0 Å². The molecule has 0 saturated carbocycles. The van der Waals surface area contributed by atoms with Gasteiger partial charge in [0.2, 0.25) is 0 Å². The molecule has 0 aliphatic heterocycles. The van der Waals surface area contributed by atoms with E-state index in [1.54, 1.807) is 19.9 Å². The number of hydrogen-bond donors (Lipinski definition) is 0. The molecule has 0 spiro atoms. The first-order valence-electron chi connectivity index (χ1n) is 4.19. The molecule has 0 radical (unpaired) electrons. The van der Waals surface area contributed by atoms with Gasteiger partial charge in [0.05, 0.1) is 0 Å². The highest BCUT2D eigenvalue weighted by Gasteiger charge is 2.38. The summed E-state index contributed by atoms with van der Waals surface area (Å²) in [6.07, 6.45) is 0. The normalized spacial score (nSPS) is 12.1. The van der Waals surface area contributed by atoms with Crippen LogP contribution < -0.4 is 0 Å². The maximum Gasteiger partial charge on any atom is 0.454 e. The zero-order valence-corrected chi connectivity index (χ0v) is 9.46. The average molecular weight is 189 g/mol. The highest BCUT2D eigenvalue weighted by molar-refractivity contribution is 6.69. The lowest BCUT2D eigenvalue weighted by molar-refractivity contribution is 0.182. The second-order valence-corrected chi connectivity index (χ2v) is 5.53. The van der Waals surface area contributed by atoms with E-state index in [-0.39, 0.29) is 0 Å². The summed E-state index contributed by atoms with van der Waals surface area (Å²) in [6, 6.07) is 0. The summed E-state index contributed by atoms with van der Waals surface area (Å²) in [7, 11) is 1.10. The van der Waals surface area contributed by atoms with Crippen molar-refractivity contribution in [1.82, 2.24) is 4.57 Å². The minimum Gasteiger partial charge on any atom is -0.383 e. The van der Waals surface area contributed by atoms with Crippen LogP contribution in [0.4, 0.5) is 0 Å². The van der Waals surface area contributed by atoms with Crippen molar-refractivity contribution in [2.24, 2.45) is 0 Å². The van der Waals surface area contributed by atoms with Gasteiger partial charge in [-0.05, 0) is 18.8 Å². The lowest BCUT2D eigenvalue weighted by Gasteiger charge is -2.33. The zero-order chi connectivity index (χ0) is 9.61. The molecule has 0 fully saturated rings. The third kappa shape index (κ3) is 2.16. The summed E-state index contributed by atoms with van der Waals surface area (Å²) in [6.45, 7) is 9.80. The molecule has 0 atom stereocenters. The van der Waals surface area contributed by atoms with Crippen molar-refractivity contribution < 1.29 is 8.85 Å². The van der Waals surface area contributed by atoms with Crippen molar-refractivity contribution in [2.75, 3.05) is 27.3 Å². The molecule has 0 aromatic heterocycles. The number of rotatable bonds is 6.